The van der Waals surface area contributed by atoms with E-state index >= 15 is 0 Å². The number of nitrogens with one attached hydrogen (secondary N) is 1. The minimum Gasteiger partial charge on any atom is -0.338 e. The minimum absolute atomic E-state index is 0.109. The largest absolute Gasteiger partial charge is 0.338 e. The zero-order chi connectivity index (χ0) is 10.9. The Labute approximate surface area is 92.2 Å². The number of hydrogen-bond donors (Lipinski definition) is 1. The molecular formula is C12H22N2O. The zero-order valence-electron chi connectivity index (χ0n) is 9.88. The van der Waals surface area contributed by atoms with E-state index in [9.17, 15) is 4.79 Å². The molecule has 1 amide bonds. The van der Waals surface area contributed by atoms with Gasteiger partial charge in [-0.2, -0.15) is 0 Å². The van der Waals surface area contributed by atoms with Crippen LogP contribution in [-0.4, -0.2) is 35.5 Å². The maximum absolute atomic E-state index is 11.9. The first-order valence-corrected chi connectivity index (χ1v) is 6.17. The molecule has 1 unspecified atom stereocenters. The lowest BCUT2D eigenvalue weighted by Crippen LogP contribution is -2.47. The van der Waals surface area contributed by atoms with Crippen LogP contribution in [0, 0.1) is 0 Å². The van der Waals surface area contributed by atoms with E-state index < -0.39 is 0 Å². The molecule has 0 aromatic carbocycles. The summed E-state index contributed by atoms with van der Waals surface area (Å²) < 4.78 is 0. The molecule has 2 aliphatic rings. The predicted octanol–water partition coefficient (Wildman–Crippen LogP) is 1.53. The standard InChI is InChI=1S/C12H22N2O/c1-10(2)14-9-12(8-11(14)15)6-4-3-5-7-13-12/h10,13H,3-9H2,1-2H3. The van der Waals surface area contributed by atoms with Crippen molar-refractivity contribution in [2.24, 2.45) is 0 Å². The van der Waals surface area contributed by atoms with E-state index in [1.165, 1.54) is 25.7 Å². The van der Waals surface area contributed by atoms with E-state index in [0.29, 0.717) is 18.4 Å². The van der Waals surface area contributed by atoms with Crippen molar-refractivity contribution < 1.29 is 4.79 Å². The molecule has 2 fully saturated rings. The van der Waals surface area contributed by atoms with Crippen LogP contribution in [0.15, 0.2) is 0 Å². The second-order valence-electron chi connectivity index (χ2n) is 5.31. The molecule has 0 aromatic heterocycles. The van der Waals surface area contributed by atoms with Crippen LogP contribution in [0.3, 0.4) is 0 Å². The number of carbonyl (C=O) groups is 1. The fourth-order valence-corrected chi connectivity index (χ4v) is 2.82. The third-order valence-electron chi connectivity index (χ3n) is 3.74. The molecule has 0 aliphatic carbocycles. The normalized spacial score (nSPS) is 32.7. The third kappa shape index (κ3) is 2.17. The van der Waals surface area contributed by atoms with Crippen LogP contribution in [-0.2, 0) is 4.79 Å². The maximum atomic E-state index is 11.9. The summed E-state index contributed by atoms with van der Waals surface area (Å²) in [5.74, 6) is 0.333. The van der Waals surface area contributed by atoms with Crippen LogP contribution in [0.25, 0.3) is 0 Å². The Bertz CT molecular complexity index is 242. The van der Waals surface area contributed by atoms with Crippen LogP contribution < -0.4 is 5.32 Å². The lowest BCUT2D eigenvalue weighted by Gasteiger charge is -2.29. The van der Waals surface area contributed by atoms with Crippen molar-refractivity contribution in [2.45, 2.75) is 57.5 Å². The summed E-state index contributed by atoms with van der Waals surface area (Å²) in [5.41, 5.74) is 0.109. The fourth-order valence-electron chi connectivity index (χ4n) is 2.82. The van der Waals surface area contributed by atoms with Crippen molar-refractivity contribution in [1.82, 2.24) is 10.2 Å². The molecule has 1 N–H and O–H groups in total. The molecule has 0 saturated carbocycles. The van der Waals surface area contributed by atoms with Gasteiger partial charge in [-0.25, -0.2) is 0 Å². The van der Waals surface area contributed by atoms with Gasteiger partial charge >= 0.3 is 0 Å². The van der Waals surface area contributed by atoms with Crippen molar-refractivity contribution >= 4 is 5.91 Å². The second kappa shape index (κ2) is 4.12. The average Bonchev–Trinajstić information content (AvgIpc) is 2.36. The van der Waals surface area contributed by atoms with Gasteiger partial charge in [0.15, 0.2) is 0 Å². The van der Waals surface area contributed by atoms with Crippen LogP contribution in [0.4, 0.5) is 0 Å². The van der Waals surface area contributed by atoms with Gasteiger partial charge in [-0.1, -0.05) is 12.8 Å². The summed E-state index contributed by atoms with van der Waals surface area (Å²) in [5, 5.41) is 3.61. The molecule has 0 aromatic rings. The highest BCUT2D eigenvalue weighted by molar-refractivity contribution is 5.80. The molecule has 3 nitrogen and oxygen atoms in total. The Morgan fingerprint density at radius 3 is 2.80 bits per heavy atom. The SMILES string of the molecule is CC(C)N1CC2(CCCCCN2)CC1=O. The quantitative estimate of drug-likeness (QED) is 0.712. The molecule has 2 heterocycles. The number of amides is 1. The molecular weight excluding hydrogens is 188 g/mol. The average molecular weight is 210 g/mol. The fraction of sp³-hybridized carbons (Fsp3) is 0.917. The third-order valence-corrected chi connectivity index (χ3v) is 3.74. The molecule has 15 heavy (non-hydrogen) atoms. The summed E-state index contributed by atoms with van der Waals surface area (Å²) in [7, 11) is 0. The van der Waals surface area contributed by atoms with Gasteiger partial charge in [-0.05, 0) is 33.2 Å². The molecule has 86 valence electrons. The van der Waals surface area contributed by atoms with Crippen molar-refractivity contribution in [1.29, 1.82) is 0 Å². The van der Waals surface area contributed by atoms with Crippen molar-refractivity contribution in [3.63, 3.8) is 0 Å². The van der Waals surface area contributed by atoms with Crippen LogP contribution in [0.2, 0.25) is 0 Å². The zero-order valence-corrected chi connectivity index (χ0v) is 9.88. The van der Waals surface area contributed by atoms with Crippen LogP contribution >= 0.6 is 0 Å². The van der Waals surface area contributed by atoms with Gasteiger partial charge in [0.05, 0.1) is 0 Å². The van der Waals surface area contributed by atoms with Gasteiger partial charge in [0.1, 0.15) is 0 Å². The second-order valence-corrected chi connectivity index (χ2v) is 5.31. The van der Waals surface area contributed by atoms with Gasteiger partial charge < -0.3 is 10.2 Å². The Morgan fingerprint density at radius 1 is 1.33 bits per heavy atom. The minimum atomic E-state index is 0.109. The first kappa shape index (κ1) is 10.9. The Balaban J connectivity index is 2.07. The molecule has 2 rings (SSSR count). The van der Waals surface area contributed by atoms with Crippen LogP contribution in [0.1, 0.15) is 46.0 Å². The van der Waals surface area contributed by atoms with E-state index in [-0.39, 0.29) is 5.54 Å². The Morgan fingerprint density at radius 2 is 2.13 bits per heavy atom. The van der Waals surface area contributed by atoms with E-state index in [0.717, 1.165) is 13.1 Å². The lowest BCUT2D eigenvalue weighted by molar-refractivity contribution is -0.129. The Kier molecular flexibility index (Phi) is 3.01. The molecule has 2 saturated heterocycles. The number of hydrogen-bond acceptors (Lipinski definition) is 2. The highest BCUT2D eigenvalue weighted by Gasteiger charge is 2.43. The highest BCUT2D eigenvalue weighted by Crippen LogP contribution is 2.30. The van der Waals surface area contributed by atoms with Gasteiger partial charge in [0.2, 0.25) is 5.91 Å². The van der Waals surface area contributed by atoms with Crippen molar-refractivity contribution in [2.75, 3.05) is 13.1 Å². The highest BCUT2D eigenvalue weighted by atomic mass is 16.2. The van der Waals surface area contributed by atoms with Gasteiger partial charge in [0.25, 0.3) is 0 Å². The first-order chi connectivity index (χ1) is 7.13. The number of likely N-dealkylation sites (tertiary alicyclic amines) is 1. The summed E-state index contributed by atoms with van der Waals surface area (Å²) >= 11 is 0. The van der Waals surface area contributed by atoms with Crippen LogP contribution in [0.5, 0.6) is 0 Å². The monoisotopic (exact) mass is 210 g/mol. The van der Waals surface area contributed by atoms with Crippen molar-refractivity contribution in [3.8, 4) is 0 Å². The molecule has 2 aliphatic heterocycles. The van der Waals surface area contributed by atoms with E-state index in [1.807, 2.05) is 4.90 Å². The molecule has 1 spiro atoms. The topological polar surface area (TPSA) is 32.3 Å². The lowest BCUT2D eigenvalue weighted by atomic mass is 9.92. The van der Waals surface area contributed by atoms with E-state index in [2.05, 4.69) is 19.2 Å². The smallest absolute Gasteiger partial charge is 0.224 e. The number of carbonyl (C=O) groups excluding carboxylic acids is 1. The van der Waals surface area contributed by atoms with E-state index in [1.54, 1.807) is 0 Å². The Hall–Kier alpha value is -0.570. The van der Waals surface area contributed by atoms with Gasteiger partial charge in [-0.3, -0.25) is 4.79 Å². The predicted molar refractivity (Wildman–Crippen MR) is 60.7 cm³/mol. The molecule has 1 atom stereocenters. The van der Waals surface area contributed by atoms with Gasteiger partial charge in [0, 0.05) is 24.5 Å². The summed E-state index contributed by atoms with van der Waals surface area (Å²) in [4.78, 5) is 13.9. The molecule has 3 heteroatoms. The van der Waals surface area contributed by atoms with E-state index in [4.69, 9.17) is 0 Å². The van der Waals surface area contributed by atoms with Gasteiger partial charge in [-0.15, -0.1) is 0 Å². The van der Waals surface area contributed by atoms with Crippen molar-refractivity contribution in [3.05, 3.63) is 0 Å². The molecule has 0 bridgehead atoms. The summed E-state index contributed by atoms with van der Waals surface area (Å²) in [6.45, 7) is 6.21. The number of rotatable bonds is 1. The number of nitrogens with zero attached hydrogens (tertiary/aromatic N) is 1. The first-order valence-electron chi connectivity index (χ1n) is 6.17. The maximum Gasteiger partial charge on any atom is 0.224 e. The summed E-state index contributed by atoms with van der Waals surface area (Å²) in [6.07, 6.45) is 5.72. The molecule has 0 radical (unpaired) electrons. The summed E-state index contributed by atoms with van der Waals surface area (Å²) in [6, 6.07) is 0.349.